The van der Waals surface area contributed by atoms with Crippen molar-refractivity contribution in [3.05, 3.63) is 100 Å². The summed E-state index contributed by atoms with van der Waals surface area (Å²) in [6.45, 7) is 1.89. The molecular weight excluding hydrogens is 358 g/mol. The van der Waals surface area contributed by atoms with E-state index in [0.29, 0.717) is 27.4 Å². The molecule has 4 heteroatoms. The minimum Gasteiger partial charge on any atom is -0.268 e. The first kappa shape index (κ1) is 17.3. The molecule has 0 aliphatic carbocycles. The number of para-hydroxylation sites is 1. The van der Waals surface area contributed by atoms with Gasteiger partial charge in [-0.05, 0) is 54.0 Å². The van der Waals surface area contributed by atoms with Gasteiger partial charge in [0.1, 0.15) is 0 Å². The molecule has 27 heavy (non-hydrogen) atoms. The number of halogens is 1. The number of anilines is 1. The highest BCUT2D eigenvalue weighted by atomic mass is 35.5. The largest absolute Gasteiger partial charge is 0.268 e. The topological polar surface area (TPSA) is 37.4 Å². The van der Waals surface area contributed by atoms with Crippen molar-refractivity contribution >= 4 is 40.8 Å². The molecule has 1 aliphatic heterocycles. The summed E-state index contributed by atoms with van der Waals surface area (Å²) in [6.07, 6.45) is 1.80. The monoisotopic (exact) mass is 373 g/mol. The van der Waals surface area contributed by atoms with Gasteiger partial charge < -0.3 is 0 Å². The molecule has 2 amide bonds. The fraction of sp³-hybridized carbons (Fsp3) is 0.0435. The van der Waals surface area contributed by atoms with Gasteiger partial charge in [-0.25, -0.2) is 4.90 Å². The maximum Gasteiger partial charge on any atom is 0.265 e. The van der Waals surface area contributed by atoms with E-state index in [1.807, 2.05) is 55.5 Å². The van der Waals surface area contributed by atoms with E-state index in [4.69, 9.17) is 11.6 Å². The van der Waals surface area contributed by atoms with E-state index in [0.717, 1.165) is 11.1 Å². The van der Waals surface area contributed by atoms with Crippen molar-refractivity contribution < 1.29 is 9.59 Å². The molecule has 0 fully saturated rings. The molecule has 0 N–H and O–H groups in total. The average molecular weight is 374 g/mol. The van der Waals surface area contributed by atoms with E-state index >= 15 is 0 Å². The molecule has 1 aliphatic rings. The summed E-state index contributed by atoms with van der Waals surface area (Å²) in [6, 6.07) is 21.8. The molecule has 0 spiro atoms. The van der Waals surface area contributed by atoms with E-state index in [2.05, 4.69) is 0 Å². The van der Waals surface area contributed by atoms with Crippen LogP contribution in [0.5, 0.6) is 0 Å². The Hall–Kier alpha value is -3.17. The smallest absolute Gasteiger partial charge is 0.265 e. The zero-order chi connectivity index (χ0) is 19.0. The number of fused-ring (bicyclic) bond motifs is 1. The highest BCUT2D eigenvalue weighted by molar-refractivity contribution is 6.43. The van der Waals surface area contributed by atoms with Gasteiger partial charge in [-0.2, -0.15) is 0 Å². The first-order chi connectivity index (χ1) is 13.1. The van der Waals surface area contributed by atoms with Gasteiger partial charge in [0.2, 0.25) is 0 Å². The number of hydrogen-bond donors (Lipinski definition) is 0. The molecule has 0 saturated heterocycles. The normalized spacial score (nSPS) is 15.2. The third kappa shape index (κ3) is 3.07. The van der Waals surface area contributed by atoms with Crippen LogP contribution in [-0.4, -0.2) is 11.8 Å². The van der Waals surface area contributed by atoms with Crippen LogP contribution >= 0.6 is 11.6 Å². The third-order valence-corrected chi connectivity index (χ3v) is 4.87. The molecule has 0 atom stereocenters. The molecule has 0 aromatic heterocycles. The molecule has 0 unspecified atom stereocenters. The molecule has 1 heterocycles. The molecule has 3 aromatic rings. The minimum absolute atomic E-state index is 0.307. The van der Waals surface area contributed by atoms with E-state index in [1.54, 1.807) is 30.3 Å². The second-order valence-corrected chi connectivity index (χ2v) is 6.82. The van der Waals surface area contributed by atoms with E-state index in [1.165, 1.54) is 4.90 Å². The number of aryl methyl sites for hydroxylation is 1. The van der Waals surface area contributed by atoms with Crippen LogP contribution in [0.4, 0.5) is 5.69 Å². The van der Waals surface area contributed by atoms with Gasteiger partial charge in [-0.15, -0.1) is 0 Å². The molecular formula is C23H16ClNO2. The fourth-order valence-electron chi connectivity index (χ4n) is 3.25. The number of carbonyl (C=O) groups is 2. The molecule has 0 bridgehead atoms. The average Bonchev–Trinajstić information content (AvgIpc) is 2.68. The van der Waals surface area contributed by atoms with E-state index < -0.39 is 0 Å². The number of hydrogen-bond acceptors (Lipinski definition) is 2. The number of benzene rings is 3. The maximum atomic E-state index is 13.3. The van der Waals surface area contributed by atoms with Gasteiger partial charge >= 0.3 is 0 Å². The van der Waals surface area contributed by atoms with E-state index in [9.17, 15) is 9.59 Å². The third-order valence-electron chi connectivity index (χ3n) is 4.62. The lowest BCUT2D eigenvalue weighted by Crippen LogP contribution is -2.42. The van der Waals surface area contributed by atoms with Crippen molar-refractivity contribution in [1.29, 1.82) is 0 Å². The van der Waals surface area contributed by atoms with Crippen LogP contribution < -0.4 is 4.90 Å². The van der Waals surface area contributed by atoms with Crippen LogP contribution in [0.1, 0.15) is 27.0 Å². The van der Waals surface area contributed by atoms with Crippen LogP contribution in [0.2, 0.25) is 5.02 Å². The Morgan fingerprint density at radius 1 is 0.778 bits per heavy atom. The summed E-state index contributed by atoms with van der Waals surface area (Å²) in [4.78, 5) is 27.7. The van der Waals surface area contributed by atoms with Crippen molar-refractivity contribution in [3.8, 4) is 0 Å². The number of amides is 2. The zero-order valence-electron chi connectivity index (χ0n) is 14.6. The maximum absolute atomic E-state index is 13.3. The number of rotatable bonds is 2. The molecule has 3 aromatic carbocycles. The van der Waals surface area contributed by atoms with Crippen LogP contribution in [-0.2, 0) is 4.79 Å². The summed E-state index contributed by atoms with van der Waals surface area (Å²) >= 11 is 5.96. The Labute approximate surface area is 162 Å². The molecule has 4 rings (SSSR count). The molecule has 3 nitrogen and oxygen atoms in total. The summed E-state index contributed by atoms with van der Waals surface area (Å²) in [5.41, 5.74) is 3.95. The first-order valence-electron chi connectivity index (χ1n) is 8.57. The Morgan fingerprint density at radius 3 is 2.11 bits per heavy atom. The molecule has 132 valence electrons. The summed E-state index contributed by atoms with van der Waals surface area (Å²) in [7, 11) is 0. The van der Waals surface area contributed by atoms with Gasteiger partial charge in [0.25, 0.3) is 11.8 Å². The van der Waals surface area contributed by atoms with Gasteiger partial charge in [0, 0.05) is 16.2 Å². The summed E-state index contributed by atoms with van der Waals surface area (Å²) < 4.78 is 0. The molecule has 0 radical (unpaired) electrons. The lowest BCUT2D eigenvalue weighted by atomic mass is 9.91. The Morgan fingerprint density at radius 2 is 1.41 bits per heavy atom. The highest BCUT2D eigenvalue weighted by Gasteiger charge is 2.36. The van der Waals surface area contributed by atoms with Gasteiger partial charge in [-0.1, -0.05) is 60.1 Å². The second-order valence-electron chi connectivity index (χ2n) is 6.39. The highest BCUT2D eigenvalue weighted by Crippen LogP contribution is 2.34. The van der Waals surface area contributed by atoms with Crippen molar-refractivity contribution in [1.82, 2.24) is 0 Å². The van der Waals surface area contributed by atoms with E-state index in [-0.39, 0.29) is 11.8 Å². The predicted molar refractivity (Wildman–Crippen MR) is 109 cm³/mol. The number of carbonyl (C=O) groups excluding carboxylic acids is 2. The summed E-state index contributed by atoms with van der Waals surface area (Å²) in [5, 5.41) is 0.629. The van der Waals surface area contributed by atoms with Crippen LogP contribution in [0.25, 0.3) is 11.6 Å². The second kappa shape index (κ2) is 6.86. The van der Waals surface area contributed by atoms with Gasteiger partial charge in [-0.3, -0.25) is 9.59 Å². The first-order valence-corrected chi connectivity index (χ1v) is 8.95. The SMILES string of the molecule is Cc1ccccc1N1C(=O)/C(=C\c2ccc(Cl)cc2)c2ccccc2C1=O. The number of imide groups is 1. The van der Waals surface area contributed by atoms with Crippen molar-refractivity contribution in [2.24, 2.45) is 0 Å². The Balaban J connectivity index is 1.91. The Kier molecular flexibility index (Phi) is 4.38. The summed E-state index contributed by atoms with van der Waals surface area (Å²) in [5.74, 6) is -0.638. The minimum atomic E-state index is -0.331. The van der Waals surface area contributed by atoms with Gasteiger partial charge in [0.15, 0.2) is 0 Å². The van der Waals surface area contributed by atoms with Crippen LogP contribution in [0.15, 0.2) is 72.8 Å². The lowest BCUT2D eigenvalue weighted by molar-refractivity contribution is -0.112. The quantitative estimate of drug-likeness (QED) is 0.447. The van der Waals surface area contributed by atoms with Crippen LogP contribution in [0, 0.1) is 6.92 Å². The van der Waals surface area contributed by atoms with Crippen LogP contribution in [0.3, 0.4) is 0 Å². The standard InChI is InChI=1S/C23H16ClNO2/c1-15-6-2-5-9-21(15)25-22(26)19-8-4-3-7-18(19)20(23(25)27)14-16-10-12-17(24)13-11-16/h2-14H,1H3/b20-14-. The molecule has 0 saturated carbocycles. The number of nitrogens with zero attached hydrogens (tertiary/aromatic N) is 1. The fourth-order valence-corrected chi connectivity index (χ4v) is 3.38. The lowest BCUT2D eigenvalue weighted by Gasteiger charge is -2.29. The van der Waals surface area contributed by atoms with Crippen molar-refractivity contribution in [3.63, 3.8) is 0 Å². The predicted octanol–water partition coefficient (Wildman–Crippen LogP) is 5.38. The zero-order valence-corrected chi connectivity index (χ0v) is 15.4. The van der Waals surface area contributed by atoms with Gasteiger partial charge in [0.05, 0.1) is 5.69 Å². The Bertz CT molecular complexity index is 1080. The van der Waals surface area contributed by atoms with Crippen molar-refractivity contribution in [2.45, 2.75) is 6.92 Å². The van der Waals surface area contributed by atoms with Crippen molar-refractivity contribution in [2.75, 3.05) is 4.90 Å².